The number of hydrogen-bond acceptors (Lipinski definition) is 1. The van der Waals surface area contributed by atoms with Crippen LogP contribution in [0.15, 0.2) is 18.2 Å². The molecule has 1 unspecified atom stereocenters. The van der Waals surface area contributed by atoms with E-state index < -0.39 is 5.41 Å². The van der Waals surface area contributed by atoms with Crippen LogP contribution >= 0.6 is 11.6 Å². The molecule has 1 nitrogen and oxygen atoms in total. The SMILES string of the molecule is CC(Cl)c1ccc(C2(C#N)CC2)cc1F. The molecule has 1 aromatic rings. The molecule has 0 aromatic heterocycles. The second kappa shape index (κ2) is 3.50. The number of benzene rings is 1. The third-order valence-corrected chi connectivity index (χ3v) is 3.18. The van der Waals surface area contributed by atoms with E-state index in [-0.39, 0.29) is 11.2 Å². The first-order valence-corrected chi connectivity index (χ1v) is 5.38. The van der Waals surface area contributed by atoms with E-state index in [4.69, 9.17) is 16.9 Å². The fourth-order valence-electron chi connectivity index (χ4n) is 1.74. The van der Waals surface area contributed by atoms with E-state index in [1.165, 1.54) is 6.07 Å². The highest BCUT2D eigenvalue weighted by Gasteiger charge is 2.45. The molecule has 1 atom stereocenters. The van der Waals surface area contributed by atoms with Gasteiger partial charge < -0.3 is 0 Å². The number of hydrogen-bond donors (Lipinski definition) is 0. The van der Waals surface area contributed by atoms with Crippen molar-refractivity contribution in [1.29, 1.82) is 5.26 Å². The lowest BCUT2D eigenvalue weighted by Gasteiger charge is -2.10. The van der Waals surface area contributed by atoms with Gasteiger partial charge in [0.2, 0.25) is 0 Å². The van der Waals surface area contributed by atoms with E-state index in [2.05, 4.69) is 6.07 Å². The molecule has 15 heavy (non-hydrogen) atoms. The van der Waals surface area contributed by atoms with Crippen LogP contribution < -0.4 is 0 Å². The lowest BCUT2D eigenvalue weighted by Crippen LogP contribution is -2.04. The van der Waals surface area contributed by atoms with Gasteiger partial charge in [0.15, 0.2) is 0 Å². The smallest absolute Gasteiger partial charge is 0.128 e. The summed E-state index contributed by atoms with van der Waals surface area (Å²) in [5.74, 6) is -0.309. The van der Waals surface area contributed by atoms with Crippen molar-refractivity contribution in [3.8, 4) is 6.07 Å². The number of halogens is 2. The molecule has 3 heteroatoms. The largest absolute Gasteiger partial charge is 0.207 e. The minimum absolute atomic E-state index is 0.309. The first-order chi connectivity index (χ1) is 7.09. The van der Waals surface area contributed by atoms with Crippen molar-refractivity contribution >= 4 is 11.6 Å². The molecule has 78 valence electrons. The summed E-state index contributed by atoms with van der Waals surface area (Å²) < 4.78 is 13.6. The van der Waals surface area contributed by atoms with E-state index in [9.17, 15) is 4.39 Å². The van der Waals surface area contributed by atoms with Gasteiger partial charge >= 0.3 is 0 Å². The Morgan fingerprint density at radius 2 is 2.20 bits per heavy atom. The predicted octanol–water partition coefficient (Wildman–Crippen LogP) is 3.68. The van der Waals surface area contributed by atoms with Crippen LogP contribution in [0.25, 0.3) is 0 Å². The van der Waals surface area contributed by atoms with E-state index in [0.717, 1.165) is 18.4 Å². The van der Waals surface area contributed by atoms with Crippen LogP contribution in [0.3, 0.4) is 0 Å². The molecule has 0 aliphatic heterocycles. The van der Waals surface area contributed by atoms with Crippen LogP contribution in [0.2, 0.25) is 0 Å². The molecule has 0 amide bonds. The van der Waals surface area contributed by atoms with Gasteiger partial charge in [0.05, 0.1) is 16.9 Å². The molecule has 0 heterocycles. The molecule has 0 saturated heterocycles. The Bertz CT molecular complexity index is 430. The minimum atomic E-state index is -0.422. The summed E-state index contributed by atoms with van der Waals surface area (Å²) in [6, 6.07) is 7.19. The molecule has 1 fully saturated rings. The zero-order valence-electron chi connectivity index (χ0n) is 8.43. The summed E-state index contributed by atoms with van der Waals surface area (Å²) in [5, 5.41) is 8.64. The number of nitrogens with zero attached hydrogens (tertiary/aromatic N) is 1. The second-order valence-corrected chi connectivity index (χ2v) is 4.70. The monoisotopic (exact) mass is 223 g/mol. The summed E-state index contributed by atoms with van der Waals surface area (Å²) in [6.45, 7) is 1.73. The molecule has 1 aliphatic rings. The van der Waals surface area contributed by atoms with Gasteiger partial charge in [-0.3, -0.25) is 0 Å². The van der Waals surface area contributed by atoms with Crippen LogP contribution in [-0.4, -0.2) is 0 Å². The van der Waals surface area contributed by atoms with E-state index in [1.54, 1.807) is 13.0 Å². The average molecular weight is 224 g/mol. The van der Waals surface area contributed by atoms with Gasteiger partial charge in [0.25, 0.3) is 0 Å². The van der Waals surface area contributed by atoms with E-state index >= 15 is 0 Å². The van der Waals surface area contributed by atoms with Crippen molar-refractivity contribution in [3.05, 3.63) is 35.1 Å². The predicted molar refractivity (Wildman–Crippen MR) is 57.2 cm³/mol. The van der Waals surface area contributed by atoms with Crippen molar-refractivity contribution in [3.63, 3.8) is 0 Å². The highest BCUT2D eigenvalue weighted by Crippen LogP contribution is 2.47. The standard InChI is InChI=1S/C12H11ClFN/c1-8(13)10-3-2-9(6-11(10)14)12(7-15)4-5-12/h2-3,6,8H,4-5H2,1H3. The van der Waals surface area contributed by atoms with Crippen LogP contribution in [0, 0.1) is 17.1 Å². The number of rotatable bonds is 2. The fraction of sp³-hybridized carbons (Fsp3) is 0.417. The van der Waals surface area contributed by atoms with Crippen LogP contribution in [0.5, 0.6) is 0 Å². The fourth-order valence-corrected chi connectivity index (χ4v) is 1.91. The maximum absolute atomic E-state index is 13.6. The highest BCUT2D eigenvalue weighted by atomic mass is 35.5. The van der Waals surface area contributed by atoms with E-state index in [0.29, 0.717) is 5.56 Å². The Morgan fingerprint density at radius 3 is 2.60 bits per heavy atom. The summed E-state index contributed by atoms with van der Waals surface area (Å²) >= 11 is 5.82. The van der Waals surface area contributed by atoms with Crippen molar-refractivity contribution in [2.24, 2.45) is 0 Å². The van der Waals surface area contributed by atoms with Crippen LogP contribution in [0.4, 0.5) is 4.39 Å². The third kappa shape index (κ3) is 1.72. The molecule has 2 rings (SSSR count). The van der Waals surface area contributed by atoms with Gasteiger partial charge in [-0.2, -0.15) is 5.26 Å². The Balaban J connectivity index is 2.39. The highest BCUT2D eigenvalue weighted by molar-refractivity contribution is 6.20. The zero-order chi connectivity index (χ0) is 11.1. The number of alkyl halides is 1. The van der Waals surface area contributed by atoms with E-state index in [1.807, 2.05) is 6.07 Å². The first kappa shape index (κ1) is 10.4. The van der Waals surface area contributed by atoms with Gasteiger partial charge in [0, 0.05) is 5.56 Å². The molecular weight excluding hydrogens is 213 g/mol. The molecule has 0 spiro atoms. The topological polar surface area (TPSA) is 23.8 Å². The third-order valence-electron chi connectivity index (χ3n) is 2.95. The van der Waals surface area contributed by atoms with Crippen molar-refractivity contribution in [1.82, 2.24) is 0 Å². The van der Waals surface area contributed by atoms with Crippen LogP contribution in [0.1, 0.15) is 36.3 Å². The molecular formula is C12H11ClFN. The lowest BCUT2D eigenvalue weighted by molar-refractivity contribution is 0.606. The number of nitriles is 1. The normalized spacial score (nSPS) is 19.3. The second-order valence-electron chi connectivity index (χ2n) is 4.05. The Hall–Kier alpha value is -1.07. The van der Waals surface area contributed by atoms with Gasteiger partial charge in [-0.25, -0.2) is 4.39 Å². The van der Waals surface area contributed by atoms with Crippen molar-refractivity contribution < 1.29 is 4.39 Å². The molecule has 0 radical (unpaired) electrons. The Morgan fingerprint density at radius 1 is 1.53 bits per heavy atom. The van der Waals surface area contributed by atoms with Gasteiger partial charge in [-0.15, -0.1) is 11.6 Å². The zero-order valence-corrected chi connectivity index (χ0v) is 9.18. The lowest BCUT2D eigenvalue weighted by atomic mass is 9.96. The quantitative estimate of drug-likeness (QED) is 0.702. The maximum atomic E-state index is 13.6. The molecule has 1 saturated carbocycles. The van der Waals surface area contributed by atoms with Gasteiger partial charge in [-0.1, -0.05) is 12.1 Å². The van der Waals surface area contributed by atoms with Gasteiger partial charge in [0.1, 0.15) is 5.82 Å². The molecule has 0 N–H and O–H groups in total. The van der Waals surface area contributed by atoms with Gasteiger partial charge in [-0.05, 0) is 31.4 Å². The Kier molecular flexibility index (Phi) is 2.44. The maximum Gasteiger partial charge on any atom is 0.128 e. The molecule has 1 aliphatic carbocycles. The summed E-state index contributed by atoms with van der Waals surface area (Å²) in [5.41, 5.74) is 0.854. The minimum Gasteiger partial charge on any atom is -0.207 e. The van der Waals surface area contributed by atoms with Crippen LogP contribution in [-0.2, 0) is 5.41 Å². The Labute approximate surface area is 93.5 Å². The average Bonchev–Trinajstić information content (AvgIpc) is 2.97. The first-order valence-electron chi connectivity index (χ1n) is 4.94. The summed E-state index contributed by atoms with van der Waals surface area (Å²) in [6.07, 6.45) is 1.66. The molecule has 1 aromatic carbocycles. The summed E-state index contributed by atoms with van der Waals surface area (Å²) in [7, 11) is 0. The van der Waals surface area contributed by atoms with Crippen molar-refractivity contribution in [2.75, 3.05) is 0 Å². The molecule has 0 bridgehead atoms. The van der Waals surface area contributed by atoms with Crippen molar-refractivity contribution in [2.45, 2.75) is 30.6 Å². The summed E-state index contributed by atoms with van der Waals surface area (Å²) in [4.78, 5) is 0.